The number of carbonyl (C=O) groups is 2. The number of nitrogens with zero attached hydrogens (tertiary/aromatic N) is 1. The first-order chi connectivity index (χ1) is 14.5. The maximum Gasteiger partial charge on any atom is 0.243 e. The summed E-state index contributed by atoms with van der Waals surface area (Å²) >= 11 is 0. The summed E-state index contributed by atoms with van der Waals surface area (Å²) in [7, 11) is 0. The Bertz CT molecular complexity index is 967. The molecule has 2 atom stereocenters. The summed E-state index contributed by atoms with van der Waals surface area (Å²) in [6, 6.07) is 10.6. The van der Waals surface area contributed by atoms with Gasteiger partial charge in [-0.25, -0.2) is 0 Å². The minimum Gasteiger partial charge on any atom is -0.350 e. The van der Waals surface area contributed by atoms with Crippen LogP contribution >= 0.6 is 0 Å². The zero-order valence-corrected chi connectivity index (χ0v) is 17.5. The second-order valence-electron chi connectivity index (χ2n) is 8.49. The van der Waals surface area contributed by atoms with E-state index in [0.29, 0.717) is 12.3 Å². The number of carbonyl (C=O) groups excluding carboxylic acids is 2. The van der Waals surface area contributed by atoms with Gasteiger partial charge in [-0.05, 0) is 60.9 Å². The van der Waals surface area contributed by atoms with E-state index in [1.54, 1.807) is 0 Å². The quantitative estimate of drug-likeness (QED) is 0.640. The first-order valence-corrected chi connectivity index (χ1v) is 10.8. The number of aromatic amines is 1. The Hall–Kier alpha value is -2.95. The Morgan fingerprint density at radius 3 is 2.67 bits per heavy atom. The molecule has 0 saturated heterocycles. The van der Waals surface area contributed by atoms with Crippen LogP contribution in [0.15, 0.2) is 49.1 Å². The first-order valence-electron chi connectivity index (χ1n) is 10.8. The molecule has 1 fully saturated rings. The number of benzene rings is 1. The monoisotopic (exact) mass is 403 g/mol. The van der Waals surface area contributed by atoms with E-state index in [1.807, 2.05) is 13.0 Å². The summed E-state index contributed by atoms with van der Waals surface area (Å²) < 4.78 is 0. The standard InChI is InChI=1S/C25H29N3O2/c1-3-25(30)26-21-12-10-19(11-13-21)18-6-4-17(5-7-18)16(2)24(29)15-22-14-23(28-27-22)20-8-9-20/h3-7,10,14,16,20-21H,1,8-9,11-13,15H2,2H3,(H,26,30)(H,27,28). The maximum atomic E-state index is 12.7. The number of aromatic nitrogens is 2. The van der Waals surface area contributed by atoms with Crippen LogP contribution in [0.1, 0.15) is 73.4 Å². The summed E-state index contributed by atoms with van der Waals surface area (Å²) in [5.74, 6) is 0.536. The molecule has 0 aliphatic heterocycles. The largest absolute Gasteiger partial charge is 0.350 e. The van der Waals surface area contributed by atoms with Gasteiger partial charge in [-0.2, -0.15) is 5.10 Å². The van der Waals surface area contributed by atoms with Crippen LogP contribution in [0, 0.1) is 0 Å². The van der Waals surface area contributed by atoms with Crippen LogP contribution in [0.5, 0.6) is 0 Å². The lowest BCUT2D eigenvalue weighted by Crippen LogP contribution is -2.34. The lowest BCUT2D eigenvalue weighted by Gasteiger charge is -2.23. The van der Waals surface area contributed by atoms with Crippen molar-refractivity contribution in [2.45, 2.75) is 63.3 Å². The van der Waals surface area contributed by atoms with Crippen molar-refractivity contribution in [3.8, 4) is 0 Å². The van der Waals surface area contributed by atoms with Crippen molar-refractivity contribution < 1.29 is 9.59 Å². The third-order valence-electron chi connectivity index (χ3n) is 6.22. The number of H-pyrrole nitrogens is 1. The van der Waals surface area contributed by atoms with Crippen molar-refractivity contribution in [3.63, 3.8) is 0 Å². The second-order valence-corrected chi connectivity index (χ2v) is 8.49. The zero-order valence-electron chi connectivity index (χ0n) is 17.5. The van der Waals surface area contributed by atoms with Crippen molar-refractivity contribution in [2.75, 3.05) is 0 Å². The average Bonchev–Trinajstić information content (AvgIpc) is 3.53. The summed E-state index contributed by atoms with van der Waals surface area (Å²) in [5, 5.41) is 10.3. The van der Waals surface area contributed by atoms with Crippen LogP contribution < -0.4 is 5.32 Å². The van der Waals surface area contributed by atoms with Gasteiger partial charge in [0.1, 0.15) is 5.78 Å². The number of hydrogen-bond donors (Lipinski definition) is 2. The molecule has 0 spiro atoms. The van der Waals surface area contributed by atoms with E-state index < -0.39 is 0 Å². The smallest absolute Gasteiger partial charge is 0.243 e. The maximum absolute atomic E-state index is 12.7. The van der Waals surface area contributed by atoms with E-state index >= 15 is 0 Å². The Morgan fingerprint density at radius 1 is 1.27 bits per heavy atom. The predicted octanol–water partition coefficient (Wildman–Crippen LogP) is 4.44. The topological polar surface area (TPSA) is 74.8 Å². The Kier molecular flexibility index (Phi) is 5.98. The highest BCUT2D eigenvalue weighted by Gasteiger charge is 2.26. The molecule has 5 heteroatoms. The van der Waals surface area contributed by atoms with E-state index in [2.05, 4.69) is 52.4 Å². The minimum atomic E-state index is -0.148. The molecular formula is C25H29N3O2. The Labute approximate surface area is 177 Å². The summed E-state index contributed by atoms with van der Waals surface area (Å²) in [6.07, 6.45) is 9.02. The molecule has 30 heavy (non-hydrogen) atoms. The molecule has 0 bridgehead atoms. The fourth-order valence-electron chi connectivity index (χ4n) is 4.06. The molecule has 1 aromatic heterocycles. The Morgan fingerprint density at radius 2 is 2.03 bits per heavy atom. The molecular weight excluding hydrogens is 374 g/mol. The predicted molar refractivity (Wildman–Crippen MR) is 118 cm³/mol. The molecule has 5 nitrogen and oxygen atoms in total. The van der Waals surface area contributed by atoms with Crippen LogP contribution in [0.25, 0.3) is 5.57 Å². The molecule has 1 aromatic carbocycles. The molecule has 2 unspecified atom stereocenters. The van der Waals surface area contributed by atoms with Gasteiger partial charge in [0.25, 0.3) is 0 Å². The SMILES string of the molecule is C=CC(=O)NC1CC=C(c2ccc(C(C)C(=O)Cc3cc(C4CC4)n[nH]3)cc2)CC1. The van der Waals surface area contributed by atoms with Gasteiger partial charge in [0.2, 0.25) is 5.91 Å². The van der Waals surface area contributed by atoms with Crippen molar-refractivity contribution in [3.05, 3.63) is 71.6 Å². The lowest BCUT2D eigenvalue weighted by atomic mass is 9.88. The fraction of sp³-hybridized carbons (Fsp3) is 0.400. The van der Waals surface area contributed by atoms with Gasteiger partial charge < -0.3 is 5.32 Å². The van der Waals surface area contributed by atoms with E-state index in [4.69, 9.17) is 0 Å². The van der Waals surface area contributed by atoms with Crippen molar-refractivity contribution >= 4 is 17.3 Å². The van der Waals surface area contributed by atoms with Crippen LogP contribution in [-0.4, -0.2) is 27.9 Å². The molecule has 1 heterocycles. The lowest BCUT2D eigenvalue weighted by molar-refractivity contribution is -0.119. The zero-order chi connectivity index (χ0) is 21.1. The second kappa shape index (κ2) is 8.82. The number of nitrogens with one attached hydrogen (secondary N) is 2. The van der Waals surface area contributed by atoms with Crippen LogP contribution in [0.3, 0.4) is 0 Å². The number of hydrogen-bond acceptors (Lipinski definition) is 3. The van der Waals surface area contributed by atoms with Gasteiger partial charge >= 0.3 is 0 Å². The molecule has 2 aliphatic rings. The van der Waals surface area contributed by atoms with E-state index in [9.17, 15) is 9.59 Å². The highest BCUT2D eigenvalue weighted by Crippen LogP contribution is 2.39. The van der Waals surface area contributed by atoms with E-state index in [-0.39, 0.29) is 23.7 Å². The van der Waals surface area contributed by atoms with Gasteiger partial charge in [0.05, 0.1) is 5.69 Å². The molecule has 2 N–H and O–H groups in total. The van der Waals surface area contributed by atoms with Gasteiger partial charge in [-0.15, -0.1) is 0 Å². The molecule has 4 rings (SSSR count). The van der Waals surface area contributed by atoms with Crippen molar-refractivity contribution in [2.24, 2.45) is 0 Å². The van der Waals surface area contributed by atoms with Crippen LogP contribution in [-0.2, 0) is 16.0 Å². The summed E-state index contributed by atoms with van der Waals surface area (Å²) in [6.45, 7) is 5.48. The van der Waals surface area contributed by atoms with E-state index in [0.717, 1.165) is 36.2 Å². The highest BCUT2D eigenvalue weighted by molar-refractivity contribution is 5.87. The molecule has 2 aromatic rings. The van der Waals surface area contributed by atoms with Gasteiger partial charge in [-0.3, -0.25) is 14.7 Å². The molecule has 1 saturated carbocycles. The molecule has 156 valence electrons. The fourth-order valence-corrected chi connectivity index (χ4v) is 4.06. The number of Topliss-reactive ketones (excluding diaryl/α,β-unsaturated/α-hetero) is 1. The molecule has 0 radical (unpaired) electrons. The normalized spacial score (nSPS) is 19.6. The van der Waals surface area contributed by atoms with Crippen LogP contribution in [0.4, 0.5) is 0 Å². The molecule has 2 aliphatic carbocycles. The van der Waals surface area contributed by atoms with Crippen molar-refractivity contribution in [1.82, 2.24) is 15.5 Å². The first kappa shape index (κ1) is 20.3. The van der Waals surface area contributed by atoms with Crippen molar-refractivity contribution in [1.29, 1.82) is 0 Å². The third kappa shape index (κ3) is 4.78. The minimum absolute atomic E-state index is 0.112. The Balaban J connectivity index is 1.34. The van der Waals surface area contributed by atoms with Crippen LogP contribution in [0.2, 0.25) is 0 Å². The number of ketones is 1. The number of allylic oxidation sites excluding steroid dienone is 1. The number of rotatable bonds is 8. The van der Waals surface area contributed by atoms with E-state index in [1.165, 1.54) is 30.1 Å². The average molecular weight is 404 g/mol. The highest BCUT2D eigenvalue weighted by atomic mass is 16.1. The van der Waals surface area contributed by atoms with Gasteiger partial charge in [0, 0.05) is 30.0 Å². The summed E-state index contributed by atoms with van der Waals surface area (Å²) in [4.78, 5) is 24.2. The number of amides is 1. The summed E-state index contributed by atoms with van der Waals surface area (Å²) in [5.41, 5.74) is 5.54. The molecule has 1 amide bonds. The third-order valence-corrected chi connectivity index (χ3v) is 6.22. The van der Waals surface area contributed by atoms with Gasteiger partial charge in [-0.1, -0.05) is 43.8 Å². The van der Waals surface area contributed by atoms with Gasteiger partial charge in [0.15, 0.2) is 0 Å².